The van der Waals surface area contributed by atoms with Gasteiger partial charge in [0.15, 0.2) is 5.11 Å². The van der Waals surface area contributed by atoms with Gasteiger partial charge in [-0.3, -0.25) is 0 Å². The molecule has 0 aliphatic heterocycles. The molecule has 0 aliphatic carbocycles. The van der Waals surface area contributed by atoms with Gasteiger partial charge >= 0.3 is 6.18 Å². The molecule has 22 heavy (non-hydrogen) atoms. The number of nitrogens with one attached hydrogen (secondary N) is 2. The minimum atomic E-state index is -4.51. The molecule has 0 aliphatic rings. The van der Waals surface area contributed by atoms with Crippen molar-refractivity contribution in [3.8, 4) is 0 Å². The molecular weight excluding hydrogens is 333 g/mol. The van der Waals surface area contributed by atoms with E-state index in [2.05, 4.69) is 10.6 Å². The highest BCUT2D eigenvalue weighted by molar-refractivity contribution is 7.80. The molecule has 7 heteroatoms. The maximum absolute atomic E-state index is 12.8. The van der Waals surface area contributed by atoms with Crippen LogP contribution in [0.1, 0.15) is 11.1 Å². The summed E-state index contributed by atoms with van der Waals surface area (Å²) in [4.78, 5) is 0. The van der Waals surface area contributed by atoms with E-state index in [1.807, 2.05) is 30.3 Å². The molecule has 0 bridgehead atoms. The van der Waals surface area contributed by atoms with Crippen LogP contribution >= 0.6 is 23.8 Å². The topological polar surface area (TPSA) is 24.1 Å². The number of hydrogen-bond donors (Lipinski definition) is 2. The normalized spacial score (nSPS) is 11.1. The first-order valence-electron chi connectivity index (χ1n) is 6.32. The van der Waals surface area contributed by atoms with Crippen molar-refractivity contribution in [3.63, 3.8) is 0 Å². The fourth-order valence-corrected chi connectivity index (χ4v) is 2.19. The zero-order valence-electron chi connectivity index (χ0n) is 11.2. The van der Waals surface area contributed by atoms with Gasteiger partial charge in [-0.05, 0) is 36.0 Å². The molecule has 0 spiro atoms. The van der Waals surface area contributed by atoms with Crippen LogP contribution < -0.4 is 10.6 Å². The molecule has 0 amide bonds. The van der Waals surface area contributed by atoms with Gasteiger partial charge in [0, 0.05) is 12.2 Å². The summed E-state index contributed by atoms with van der Waals surface area (Å²) in [6.45, 7) is 0.479. The van der Waals surface area contributed by atoms with E-state index in [1.54, 1.807) is 0 Å². The highest BCUT2D eigenvalue weighted by Gasteiger charge is 2.33. The molecule has 0 fully saturated rings. The van der Waals surface area contributed by atoms with Gasteiger partial charge < -0.3 is 10.6 Å². The Morgan fingerprint density at radius 2 is 1.77 bits per heavy atom. The van der Waals surface area contributed by atoms with Crippen LogP contribution in [0.4, 0.5) is 18.9 Å². The molecule has 2 rings (SSSR count). The Hall–Kier alpha value is -1.79. The molecule has 2 N–H and O–H groups in total. The molecule has 2 aromatic rings. The molecule has 0 unspecified atom stereocenters. The van der Waals surface area contributed by atoms with Gasteiger partial charge in [0.2, 0.25) is 0 Å². The third-order valence-electron chi connectivity index (χ3n) is 2.83. The summed E-state index contributed by atoms with van der Waals surface area (Å²) in [5.41, 5.74) is 0.339. The van der Waals surface area contributed by atoms with Crippen LogP contribution in [0.3, 0.4) is 0 Å². The second-order valence-corrected chi connectivity index (χ2v) is 5.30. The van der Waals surface area contributed by atoms with Crippen molar-refractivity contribution in [3.05, 3.63) is 64.7 Å². The summed E-state index contributed by atoms with van der Waals surface area (Å²) in [6, 6.07) is 13.1. The molecule has 0 radical (unpaired) electrons. The molecule has 0 aromatic heterocycles. The maximum Gasteiger partial charge on any atom is 0.417 e. The van der Waals surface area contributed by atoms with E-state index >= 15 is 0 Å². The number of alkyl halides is 3. The second-order valence-electron chi connectivity index (χ2n) is 4.49. The SMILES string of the molecule is FC(F)(F)c1cc(NC(=S)NCc2ccccc2)ccc1Cl. The zero-order valence-corrected chi connectivity index (χ0v) is 12.8. The number of benzene rings is 2. The average molecular weight is 345 g/mol. The molecule has 0 heterocycles. The van der Waals surface area contributed by atoms with Crippen molar-refractivity contribution in [2.75, 3.05) is 5.32 Å². The number of anilines is 1. The predicted octanol–water partition coefficient (Wildman–Crippen LogP) is 4.85. The van der Waals surface area contributed by atoms with Crippen LogP contribution in [0.15, 0.2) is 48.5 Å². The first kappa shape index (κ1) is 16.6. The first-order chi connectivity index (χ1) is 10.4. The summed E-state index contributed by atoms with van der Waals surface area (Å²) in [5, 5.41) is 5.53. The quantitative estimate of drug-likeness (QED) is 0.779. The van der Waals surface area contributed by atoms with Crippen molar-refractivity contribution >= 4 is 34.6 Å². The summed E-state index contributed by atoms with van der Waals surface area (Å²) < 4.78 is 38.3. The fraction of sp³-hybridized carbons (Fsp3) is 0.133. The monoisotopic (exact) mass is 344 g/mol. The van der Waals surface area contributed by atoms with E-state index in [0.717, 1.165) is 11.6 Å². The minimum absolute atomic E-state index is 0.224. The molecule has 2 aromatic carbocycles. The van der Waals surface area contributed by atoms with Crippen LogP contribution in [-0.2, 0) is 12.7 Å². The molecule has 116 valence electrons. The van der Waals surface area contributed by atoms with Gasteiger partial charge in [-0.15, -0.1) is 0 Å². The Labute approximate surface area is 136 Å². The van der Waals surface area contributed by atoms with Crippen molar-refractivity contribution in [2.45, 2.75) is 12.7 Å². The van der Waals surface area contributed by atoms with E-state index in [1.165, 1.54) is 12.1 Å². The van der Waals surface area contributed by atoms with Crippen molar-refractivity contribution in [1.29, 1.82) is 0 Å². The first-order valence-corrected chi connectivity index (χ1v) is 7.10. The van der Waals surface area contributed by atoms with Crippen LogP contribution in [0.2, 0.25) is 5.02 Å². The van der Waals surface area contributed by atoms with E-state index in [-0.39, 0.29) is 15.8 Å². The lowest BCUT2D eigenvalue weighted by atomic mass is 10.2. The van der Waals surface area contributed by atoms with Gasteiger partial charge in [-0.1, -0.05) is 41.9 Å². The number of rotatable bonds is 3. The maximum atomic E-state index is 12.8. The Balaban J connectivity index is 2.00. The summed E-state index contributed by atoms with van der Waals surface area (Å²) in [5.74, 6) is 0. The van der Waals surface area contributed by atoms with Gasteiger partial charge in [-0.25, -0.2) is 0 Å². The number of thiocarbonyl (C=S) groups is 1. The summed E-state index contributed by atoms with van der Waals surface area (Å²) in [7, 11) is 0. The Kier molecular flexibility index (Phi) is 5.26. The average Bonchev–Trinajstić information content (AvgIpc) is 2.47. The smallest absolute Gasteiger partial charge is 0.358 e. The molecule has 0 atom stereocenters. The lowest BCUT2D eigenvalue weighted by Crippen LogP contribution is -2.28. The third-order valence-corrected chi connectivity index (χ3v) is 3.40. The van der Waals surface area contributed by atoms with E-state index in [0.29, 0.717) is 6.54 Å². The van der Waals surface area contributed by atoms with E-state index in [4.69, 9.17) is 23.8 Å². The van der Waals surface area contributed by atoms with Crippen molar-refractivity contribution in [1.82, 2.24) is 5.32 Å². The minimum Gasteiger partial charge on any atom is -0.358 e. The van der Waals surface area contributed by atoms with Gasteiger partial charge in [0.25, 0.3) is 0 Å². The summed E-state index contributed by atoms with van der Waals surface area (Å²) in [6.07, 6.45) is -4.51. The highest BCUT2D eigenvalue weighted by Crippen LogP contribution is 2.36. The predicted molar refractivity (Wildman–Crippen MR) is 86.0 cm³/mol. The van der Waals surface area contributed by atoms with E-state index < -0.39 is 11.7 Å². The molecule has 0 saturated carbocycles. The lowest BCUT2D eigenvalue weighted by molar-refractivity contribution is -0.137. The van der Waals surface area contributed by atoms with E-state index in [9.17, 15) is 13.2 Å². The third kappa shape index (κ3) is 4.61. The van der Waals surface area contributed by atoms with Crippen LogP contribution in [0.5, 0.6) is 0 Å². The highest BCUT2D eigenvalue weighted by atomic mass is 35.5. The number of hydrogen-bond acceptors (Lipinski definition) is 1. The zero-order chi connectivity index (χ0) is 16.2. The van der Waals surface area contributed by atoms with Crippen LogP contribution in [-0.4, -0.2) is 5.11 Å². The van der Waals surface area contributed by atoms with Crippen molar-refractivity contribution in [2.24, 2.45) is 0 Å². The fourth-order valence-electron chi connectivity index (χ4n) is 1.77. The van der Waals surface area contributed by atoms with Crippen LogP contribution in [0.25, 0.3) is 0 Å². The second kappa shape index (κ2) is 6.98. The van der Waals surface area contributed by atoms with Gasteiger partial charge in [0.1, 0.15) is 0 Å². The molecule has 2 nitrogen and oxygen atoms in total. The molecular formula is C15H12ClF3N2S. The van der Waals surface area contributed by atoms with Crippen molar-refractivity contribution < 1.29 is 13.2 Å². The lowest BCUT2D eigenvalue weighted by Gasteiger charge is -2.14. The van der Waals surface area contributed by atoms with Gasteiger partial charge in [-0.2, -0.15) is 13.2 Å². The molecule has 0 saturated heterocycles. The largest absolute Gasteiger partial charge is 0.417 e. The van der Waals surface area contributed by atoms with Gasteiger partial charge in [0.05, 0.1) is 10.6 Å². The standard InChI is InChI=1S/C15H12ClF3N2S/c16-13-7-6-11(8-12(13)15(17,18)19)21-14(22)20-9-10-4-2-1-3-5-10/h1-8H,9H2,(H2,20,21,22). The van der Waals surface area contributed by atoms with Crippen LogP contribution in [0, 0.1) is 0 Å². The Morgan fingerprint density at radius 3 is 2.41 bits per heavy atom. The summed E-state index contributed by atoms with van der Waals surface area (Å²) >= 11 is 10.6. The Bertz CT molecular complexity index is 660. The number of halogens is 4. The Morgan fingerprint density at radius 1 is 1.09 bits per heavy atom.